The molecule has 0 amide bonds. The molecule has 15 rings (SSSR count). The minimum Gasteiger partial charge on any atom is -0.295 e. The molecule has 0 saturated carbocycles. The number of para-hydroxylation sites is 6. The summed E-state index contributed by atoms with van der Waals surface area (Å²) in [7, 11) is 0. The number of benzene rings is 9. The Balaban J connectivity index is 0.760. The standard InChI is InChI=1S/C84H60N10/c1-7-25-67(26-8-1)91(68-27-9-2-10-28-68)79-49-43-61(55-85-79)73-37-19-22-40-76(73)64-46-52-82(88-58-64)94(83-53-47-65(59-89-83)77-41-23-20-38-74(77)62-44-50-80(86-56-62)92(69-29-11-3-12-30-69)70-31-13-4-14-32-70)84-54-48-66(60-90-84)78-42-24-21-39-75(78)63-45-51-81(87-57-63)93(71-33-15-5-16-34-71)72-35-17-6-18-36-72/h1-60H. The minimum absolute atomic E-state index is 0.646. The molecule has 10 nitrogen and oxygen atoms in total. The Hall–Kier alpha value is -12.9. The quantitative estimate of drug-likeness (QED) is 0.0827. The van der Waals surface area contributed by atoms with Crippen LogP contribution in [-0.4, -0.2) is 29.9 Å². The van der Waals surface area contributed by atoms with E-state index in [2.05, 4.69) is 215 Å². The number of rotatable bonds is 18. The van der Waals surface area contributed by atoms with Gasteiger partial charge in [-0.05, 0) is 179 Å². The van der Waals surface area contributed by atoms with Gasteiger partial charge < -0.3 is 0 Å². The summed E-state index contributed by atoms with van der Waals surface area (Å²) in [5.41, 5.74) is 18.2. The van der Waals surface area contributed by atoms with Gasteiger partial charge >= 0.3 is 0 Å². The van der Waals surface area contributed by atoms with E-state index in [1.807, 2.05) is 169 Å². The van der Waals surface area contributed by atoms with Gasteiger partial charge in [0.25, 0.3) is 0 Å². The predicted octanol–water partition coefficient (Wildman–Crippen LogP) is 21.9. The highest BCUT2D eigenvalue weighted by Gasteiger charge is 2.22. The normalized spacial score (nSPS) is 11.0. The maximum absolute atomic E-state index is 5.24. The van der Waals surface area contributed by atoms with Gasteiger partial charge in [-0.25, -0.2) is 29.9 Å². The topological polar surface area (TPSA) is 90.3 Å². The van der Waals surface area contributed by atoms with Crippen molar-refractivity contribution in [2.24, 2.45) is 0 Å². The molecule has 0 radical (unpaired) electrons. The molecule has 0 fully saturated rings. The van der Waals surface area contributed by atoms with Crippen LogP contribution in [0.4, 0.5) is 69.0 Å². The van der Waals surface area contributed by atoms with E-state index in [4.69, 9.17) is 29.9 Å². The van der Waals surface area contributed by atoms with Crippen LogP contribution in [0, 0.1) is 0 Å². The van der Waals surface area contributed by atoms with Gasteiger partial charge in [-0.15, -0.1) is 0 Å². The van der Waals surface area contributed by atoms with Crippen molar-refractivity contribution in [2.75, 3.05) is 19.6 Å². The van der Waals surface area contributed by atoms with E-state index in [0.717, 1.165) is 118 Å². The fourth-order valence-corrected chi connectivity index (χ4v) is 12.1. The maximum Gasteiger partial charge on any atom is 0.139 e. The average Bonchev–Trinajstić information content (AvgIpc) is 1.40. The fraction of sp³-hybridized carbons (Fsp3) is 0. The van der Waals surface area contributed by atoms with Crippen molar-refractivity contribution >= 4 is 69.0 Å². The molecular formula is C84H60N10. The summed E-state index contributed by atoms with van der Waals surface area (Å²) < 4.78 is 0. The molecule has 94 heavy (non-hydrogen) atoms. The molecule has 6 heterocycles. The van der Waals surface area contributed by atoms with Crippen molar-refractivity contribution in [1.82, 2.24) is 29.9 Å². The Morgan fingerprint density at radius 2 is 0.287 bits per heavy atom. The van der Waals surface area contributed by atoms with Gasteiger partial charge in [0.2, 0.25) is 0 Å². The van der Waals surface area contributed by atoms with E-state index in [9.17, 15) is 0 Å². The van der Waals surface area contributed by atoms with Crippen LogP contribution in [0.15, 0.2) is 365 Å². The third-order valence-electron chi connectivity index (χ3n) is 16.6. The predicted molar refractivity (Wildman–Crippen MR) is 385 cm³/mol. The molecule has 0 N–H and O–H groups in total. The molecular weight excluding hydrogens is 1150 g/mol. The summed E-state index contributed by atoms with van der Waals surface area (Å²) in [5.74, 6) is 4.39. The first kappa shape index (κ1) is 57.5. The van der Waals surface area contributed by atoms with E-state index in [1.165, 1.54) is 0 Å². The second-order valence-electron chi connectivity index (χ2n) is 22.4. The van der Waals surface area contributed by atoms with Crippen molar-refractivity contribution in [2.45, 2.75) is 0 Å². The van der Waals surface area contributed by atoms with Crippen LogP contribution in [0.5, 0.6) is 0 Å². The zero-order valence-electron chi connectivity index (χ0n) is 51.1. The Kier molecular flexibility index (Phi) is 16.3. The van der Waals surface area contributed by atoms with Gasteiger partial charge in [0.15, 0.2) is 0 Å². The number of aromatic nitrogens is 6. The van der Waals surface area contributed by atoms with Gasteiger partial charge in [0.1, 0.15) is 34.9 Å². The molecule has 0 unspecified atom stereocenters. The highest BCUT2D eigenvalue weighted by atomic mass is 15.3. The lowest BCUT2D eigenvalue weighted by Gasteiger charge is -2.24. The van der Waals surface area contributed by atoms with Crippen molar-refractivity contribution in [3.8, 4) is 66.8 Å². The number of anilines is 12. The fourth-order valence-electron chi connectivity index (χ4n) is 12.1. The van der Waals surface area contributed by atoms with Crippen molar-refractivity contribution in [3.05, 3.63) is 365 Å². The number of nitrogens with zero attached hydrogens (tertiary/aromatic N) is 10. The summed E-state index contributed by atoms with van der Waals surface area (Å²) in [6.07, 6.45) is 11.7. The van der Waals surface area contributed by atoms with Gasteiger partial charge in [0, 0.05) is 105 Å². The molecule has 0 spiro atoms. The van der Waals surface area contributed by atoms with Gasteiger partial charge in [0.05, 0.1) is 0 Å². The summed E-state index contributed by atoms with van der Waals surface area (Å²) in [6.45, 7) is 0. The molecule has 0 aliphatic rings. The van der Waals surface area contributed by atoms with Crippen molar-refractivity contribution < 1.29 is 0 Å². The van der Waals surface area contributed by atoms with Crippen molar-refractivity contribution in [3.63, 3.8) is 0 Å². The lowest BCUT2D eigenvalue weighted by Crippen LogP contribution is -2.14. The lowest BCUT2D eigenvalue weighted by atomic mass is 9.96. The maximum atomic E-state index is 5.24. The Bertz CT molecular complexity index is 4330. The molecule has 446 valence electrons. The smallest absolute Gasteiger partial charge is 0.139 e. The molecule has 0 aliphatic heterocycles. The molecule has 6 aromatic heterocycles. The molecule has 10 heteroatoms. The third kappa shape index (κ3) is 12.0. The highest BCUT2D eigenvalue weighted by molar-refractivity contribution is 5.89. The van der Waals surface area contributed by atoms with Crippen molar-refractivity contribution in [1.29, 1.82) is 0 Å². The van der Waals surface area contributed by atoms with E-state index in [0.29, 0.717) is 17.5 Å². The van der Waals surface area contributed by atoms with Gasteiger partial charge in [-0.1, -0.05) is 182 Å². The third-order valence-corrected chi connectivity index (χ3v) is 16.6. The first-order valence-corrected chi connectivity index (χ1v) is 31.2. The zero-order valence-corrected chi connectivity index (χ0v) is 51.1. The highest BCUT2D eigenvalue weighted by Crippen LogP contribution is 2.42. The van der Waals surface area contributed by atoms with E-state index >= 15 is 0 Å². The van der Waals surface area contributed by atoms with E-state index < -0.39 is 0 Å². The molecule has 15 aromatic rings. The van der Waals surface area contributed by atoms with Crippen LogP contribution in [0.2, 0.25) is 0 Å². The second-order valence-corrected chi connectivity index (χ2v) is 22.4. The first-order valence-electron chi connectivity index (χ1n) is 31.2. The number of hydrogen-bond acceptors (Lipinski definition) is 10. The van der Waals surface area contributed by atoms with E-state index in [-0.39, 0.29) is 0 Å². The van der Waals surface area contributed by atoms with E-state index in [1.54, 1.807) is 0 Å². The van der Waals surface area contributed by atoms with Crippen LogP contribution >= 0.6 is 0 Å². The monoisotopic (exact) mass is 1210 g/mol. The van der Waals surface area contributed by atoms with Gasteiger partial charge in [-0.2, -0.15) is 0 Å². The number of hydrogen-bond donors (Lipinski definition) is 0. The van der Waals surface area contributed by atoms with Crippen LogP contribution in [0.25, 0.3) is 66.8 Å². The minimum atomic E-state index is 0.646. The lowest BCUT2D eigenvalue weighted by molar-refractivity contribution is 1.09. The summed E-state index contributed by atoms with van der Waals surface area (Å²) >= 11 is 0. The van der Waals surface area contributed by atoms with Crippen LogP contribution in [-0.2, 0) is 0 Å². The summed E-state index contributed by atoms with van der Waals surface area (Å²) in [6, 6.07) is 112. The Labute approximate surface area is 547 Å². The first-order chi connectivity index (χ1) is 46.6. The molecule has 9 aromatic carbocycles. The van der Waals surface area contributed by atoms with Crippen LogP contribution in [0.1, 0.15) is 0 Å². The average molecular weight is 1210 g/mol. The molecule has 0 bridgehead atoms. The van der Waals surface area contributed by atoms with Crippen LogP contribution in [0.3, 0.4) is 0 Å². The number of pyridine rings is 6. The second kappa shape index (κ2) is 26.7. The van der Waals surface area contributed by atoms with Crippen LogP contribution < -0.4 is 19.6 Å². The molecule has 0 atom stereocenters. The van der Waals surface area contributed by atoms with Gasteiger partial charge in [-0.3, -0.25) is 19.6 Å². The SMILES string of the molecule is c1ccc(N(c2ccccc2)c2ccc(-c3ccccc3-c3ccc(N(c4ccc(-c5ccccc5-c5ccc(N(c6ccccc6)c6ccccc6)nc5)cn4)c4ccc(-c5ccccc5-c5ccc(N(c6ccccc6)c6ccccc6)nc5)cn4)nc3)cn2)cc1. The Morgan fingerprint density at radius 3 is 0.436 bits per heavy atom. The molecule has 0 saturated heterocycles. The Morgan fingerprint density at radius 1 is 0.138 bits per heavy atom. The molecule has 0 aliphatic carbocycles. The largest absolute Gasteiger partial charge is 0.295 e. The summed E-state index contributed by atoms with van der Waals surface area (Å²) in [5, 5.41) is 0. The summed E-state index contributed by atoms with van der Waals surface area (Å²) in [4.78, 5) is 39.4. The zero-order chi connectivity index (χ0) is 62.8.